The minimum atomic E-state index is -0.250. The molecule has 0 heterocycles. The fourth-order valence-electron chi connectivity index (χ4n) is 0.557. The van der Waals surface area contributed by atoms with E-state index < -0.39 is 0 Å². The van der Waals surface area contributed by atoms with Crippen LogP contribution in [0, 0.1) is 0 Å². The number of alkyl halides is 1. The molecule has 1 N–H and O–H groups in total. The van der Waals surface area contributed by atoms with E-state index in [1.807, 2.05) is 35.3 Å². The van der Waals surface area contributed by atoms with Crippen molar-refractivity contribution in [3.05, 3.63) is 30.3 Å². The standard InChI is InChI=1S/C7H8O.CH3I.CH2O2/c1-8-7-5-3-2-4-6-7;1-2;2-1-3/h2-6H,1H3;1H3;1H,(H,2,3). The van der Waals surface area contributed by atoms with Crippen molar-refractivity contribution in [2.45, 2.75) is 0 Å². The van der Waals surface area contributed by atoms with Gasteiger partial charge in [-0.15, -0.1) is 0 Å². The van der Waals surface area contributed by atoms with Gasteiger partial charge in [-0.2, -0.15) is 0 Å². The summed E-state index contributed by atoms with van der Waals surface area (Å²) in [5.74, 6) is 0.910. The second-order valence-electron chi connectivity index (χ2n) is 1.62. The van der Waals surface area contributed by atoms with Gasteiger partial charge < -0.3 is 9.84 Å². The summed E-state index contributed by atoms with van der Waals surface area (Å²) in [6.07, 6.45) is 0. The average Bonchev–Trinajstić information content (AvgIpc) is 2.23. The summed E-state index contributed by atoms with van der Waals surface area (Å²) in [6.45, 7) is -0.250. The highest BCUT2D eigenvalue weighted by Gasteiger charge is 1.80. The lowest BCUT2D eigenvalue weighted by Gasteiger charge is -1.93. The quantitative estimate of drug-likeness (QED) is 0.492. The van der Waals surface area contributed by atoms with Gasteiger partial charge in [0.15, 0.2) is 0 Å². The summed E-state index contributed by atoms with van der Waals surface area (Å²) in [5, 5.41) is 6.89. The fraction of sp³-hybridized carbons (Fsp3) is 0.222. The van der Waals surface area contributed by atoms with Gasteiger partial charge in [-0.1, -0.05) is 40.8 Å². The van der Waals surface area contributed by atoms with E-state index in [9.17, 15) is 0 Å². The molecule has 0 aliphatic carbocycles. The second kappa shape index (κ2) is 13.8. The van der Waals surface area contributed by atoms with Crippen molar-refractivity contribution in [3.63, 3.8) is 0 Å². The Labute approximate surface area is 91.9 Å². The summed E-state index contributed by atoms with van der Waals surface area (Å²) in [5.41, 5.74) is 0. The van der Waals surface area contributed by atoms with E-state index in [4.69, 9.17) is 14.6 Å². The molecule has 0 saturated carbocycles. The van der Waals surface area contributed by atoms with Gasteiger partial charge in [0.2, 0.25) is 0 Å². The SMILES string of the molecule is CI.COc1ccccc1.O=CO. The van der Waals surface area contributed by atoms with Gasteiger partial charge in [0, 0.05) is 0 Å². The molecule has 1 aromatic carbocycles. The third-order valence-electron chi connectivity index (χ3n) is 0.979. The zero-order valence-electron chi connectivity index (χ0n) is 7.61. The van der Waals surface area contributed by atoms with Crippen molar-refractivity contribution in [1.29, 1.82) is 0 Å². The number of hydrogen-bond donors (Lipinski definition) is 1. The van der Waals surface area contributed by atoms with E-state index in [-0.39, 0.29) is 6.47 Å². The molecule has 4 heteroatoms. The van der Waals surface area contributed by atoms with Gasteiger partial charge in [0.1, 0.15) is 5.75 Å². The van der Waals surface area contributed by atoms with Crippen LogP contribution in [0.1, 0.15) is 0 Å². The Hall–Kier alpha value is -0.780. The summed E-state index contributed by atoms with van der Waals surface area (Å²) >= 11 is 2.15. The normalized spacial score (nSPS) is 6.69. The first-order chi connectivity index (χ1) is 6.35. The van der Waals surface area contributed by atoms with Crippen LogP contribution < -0.4 is 4.74 Å². The molecule has 0 unspecified atom stereocenters. The van der Waals surface area contributed by atoms with Crippen molar-refractivity contribution >= 4 is 29.1 Å². The lowest BCUT2D eigenvalue weighted by Crippen LogP contribution is -1.78. The number of rotatable bonds is 1. The molecular weight excluding hydrogens is 283 g/mol. The smallest absolute Gasteiger partial charge is 0.290 e. The molecular formula is C9H13IO3. The van der Waals surface area contributed by atoms with Crippen LogP contribution in [-0.2, 0) is 4.79 Å². The Morgan fingerprint density at radius 2 is 1.69 bits per heavy atom. The summed E-state index contributed by atoms with van der Waals surface area (Å²) in [7, 11) is 1.66. The molecule has 3 nitrogen and oxygen atoms in total. The first kappa shape index (κ1) is 14.7. The molecule has 0 amide bonds. The van der Waals surface area contributed by atoms with Gasteiger partial charge >= 0.3 is 0 Å². The summed E-state index contributed by atoms with van der Waals surface area (Å²) < 4.78 is 4.91. The molecule has 0 radical (unpaired) electrons. The maximum Gasteiger partial charge on any atom is 0.290 e. The molecule has 1 rings (SSSR count). The van der Waals surface area contributed by atoms with Gasteiger partial charge in [-0.3, -0.25) is 4.79 Å². The van der Waals surface area contributed by atoms with Crippen molar-refractivity contribution in [2.75, 3.05) is 12.0 Å². The number of hydrogen-bond acceptors (Lipinski definition) is 2. The van der Waals surface area contributed by atoms with Crippen LogP contribution in [-0.4, -0.2) is 23.6 Å². The van der Waals surface area contributed by atoms with Gasteiger partial charge in [0.05, 0.1) is 7.11 Å². The minimum Gasteiger partial charge on any atom is -0.497 e. The Bertz CT molecular complexity index is 189. The van der Waals surface area contributed by atoms with E-state index in [0.29, 0.717) is 0 Å². The zero-order valence-corrected chi connectivity index (χ0v) is 9.76. The Morgan fingerprint density at radius 1 is 1.31 bits per heavy atom. The molecule has 0 aliphatic rings. The Balaban J connectivity index is 0. The van der Waals surface area contributed by atoms with Crippen LogP contribution in [0.25, 0.3) is 0 Å². The highest BCUT2D eigenvalue weighted by molar-refractivity contribution is 14.1. The van der Waals surface area contributed by atoms with Crippen molar-refractivity contribution < 1.29 is 14.6 Å². The second-order valence-corrected chi connectivity index (χ2v) is 1.62. The van der Waals surface area contributed by atoms with E-state index in [0.717, 1.165) is 5.75 Å². The van der Waals surface area contributed by atoms with E-state index in [2.05, 4.69) is 22.6 Å². The molecule has 0 aliphatic heterocycles. The highest BCUT2D eigenvalue weighted by Crippen LogP contribution is 2.05. The van der Waals surface area contributed by atoms with Crippen LogP contribution in [0.2, 0.25) is 0 Å². The van der Waals surface area contributed by atoms with Crippen LogP contribution in [0.4, 0.5) is 0 Å². The maximum atomic E-state index is 8.36. The first-order valence-electron chi connectivity index (χ1n) is 3.39. The molecule has 0 bridgehead atoms. The number of ether oxygens (including phenoxy) is 1. The van der Waals surface area contributed by atoms with Crippen LogP contribution in [0.5, 0.6) is 5.75 Å². The number of carbonyl (C=O) groups is 1. The van der Waals surface area contributed by atoms with Gasteiger partial charge in [-0.05, 0) is 17.1 Å². The number of methoxy groups -OCH3 is 1. The third-order valence-corrected chi connectivity index (χ3v) is 0.979. The third kappa shape index (κ3) is 11.2. The van der Waals surface area contributed by atoms with Crippen LogP contribution in [0.3, 0.4) is 0 Å². The topological polar surface area (TPSA) is 46.5 Å². The number of para-hydroxylation sites is 1. The van der Waals surface area contributed by atoms with Gasteiger partial charge in [0.25, 0.3) is 6.47 Å². The minimum absolute atomic E-state index is 0.250. The van der Waals surface area contributed by atoms with E-state index >= 15 is 0 Å². The van der Waals surface area contributed by atoms with Crippen molar-refractivity contribution in [1.82, 2.24) is 0 Å². The predicted molar refractivity (Wildman–Crippen MR) is 61.6 cm³/mol. The number of benzene rings is 1. The molecule has 1 aromatic rings. The first-order valence-corrected chi connectivity index (χ1v) is 5.55. The monoisotopic (exact) mass is 296 g/mol. The lowest BCUT2D eigenvalue weighted by molar-refractivity contribution is -0.122. The van der Waals surface area contributed by atoms with Crippen LogP contribution in [0.15, 0.2) is 30.3 Å². The molecule has 0 atom stereocenters. The Kier molecular flexibility index (Phi) is 15.6. The molecule has 0 fully saturated rings. The summed E-state index contributed by atoms with van der Waals surface area (Å²) in [4.78, 5) is 10.3. The average molecular weight is 296 g/mol. The van der Waals surface area contributed by atoms with E-state index in [1.165, 1.54) is 0 Å². The lowest BCUT2D eigenvalue weighted by atomic mass is 10.3. The van der Waals surface area contributed by atoms with E-state index in [1.54, 1.807) is 7.11 Å². The molecule has 13 heavy (non-hydrogen) atoms. The highest BCUT2D eigenvalue weighted by atomic mass is 127. The summed E-state index contributed by atoms with van der Waals surface area (Å²) in [6, 6.07) is 9.68. The number of carboxylic acid groups (broad SMARTS) is 1. The Morgan fingerprint density at radius 3 is 1.92 bits per heavy atom. The van der Waals surface area contributed by atoms with Gasteiger partial charge in [-0.25, -0.2) is 0 Å². The molecule has 74 valence electrons. The van der Waals surface area contributed by atoms with Crippen molar-refractivity contribution in [3.8, 4) is 5.75 Å². The zero-order chi connectivity index (χ0) is 10.5. The van der Waals surface area contributed by atoms with Crippen molar-refractivity contribution in [2.24, 2.45) is 0 Å². The maximum absolute atomic E-state index is 8.36. The van der Waals surface area contributed by atoms with Crippen LogP contribution >= 0.6 is 22.6 Å². The largest absolute Gasteiger partial charge is 0.497 e. The fourth-order valence-corrected chi connectivity index (χ4v) is 0.557. The molecule has 0 saturated heterocycles. The number of halogens is 1. The molecule has 0 aromatic heterocycles. The molecule has 0 spiro atoms. The predicted octanol–water partition coefficient (Wildman–Crippen LogP) is 2.45.